The minimum atomic E-state index is -0.707. The van der Waals surface area contributed by atoms with Crippen molar-refractivity contribution in [1.29, 1.82) is 0 Å². The Labute approximate surface area is 192 Å². The minimum absolute atomic E-state index is 0.0884. The Hall–Kier alpha value is -4.17. The highest BCUT2D eigenvalue weighted by Crippen LogP contribution is 2.35. The normalized spacial score (nSPS) is 11.0. The van der Waals surface area contributed by atoms with Gasteiger partial charge in [-0.05, 0) is 41.1 Å². The first-order chi connectivity index (χ1) is 16.1. The molecule has 0 aliphatic carbocycles. The Morgan fingerprint density at radius 2 is 1.85 bits per heavy atom. The summed E-state index contributed by atoms with van der Waals surface area (Å²) in [5.74, 6) is 0.698. The molecule has 0 bridgehead atoms. The van der Waals surface area contributed by atoms with Crippen LogP contribution in [0.2, 0.25) is 0 Å². The molecule has 5 aromatic rings. The number of nitrogens with zero attached hydrogens (tertiary/aromatic N) is 1. The highest BCUT2D eigenvalue weighted by molar-refractivity contribution is 7.14. The maximum absolute atomic E-state index is 12.9. The van der Waals surface area contributed by atoms with Crippen LogP contribution < -0.4 is 20.4 Å². The first kappa shape index (κ1) is 20.7. The molecule has 164 valence electrons. The lowest BCUT2D eigenvalue weighted by Crippen LogP contribution is -2.20. The molecule has 1 amide bonds. The van der Waals surface area contributed by atoms with Gasteiger partial charge in [0.05, 0.1) is 19.9 Å². The van der Waals surface area contributed by atoms with Crippen LogP contribution in [0.25, 0.3) is 33.0 Å². The molecular weight excluding hydrogens is 440 g/mol. The zero-order valence-electron chi connectivity index (χ0n) is 17.7. The highest BCUT2D eigenvalue weighted by Gasteiger charge is 2.18. The third kappa shape index (κ3) is 3.81. The summed E-state index contributed by atoms with van der Waals surface area (Å²) in [6, 6.07) is 18.3. The van der Waals surface area contributed by atoms with Gasteiger partial charge in [0.2, 0.25) is 0 Å². The van der Waals surface area contributed by atoms with E-state index in [2.05, 4.69) is 10.3 Å². The first-order valence-corrected chi connectivity index (χ1v) is 10.9. The lowest BCUT2D eigenvalue weighted by Gasteiger charge is -2.08. The van der Waals surface area contributed by atoms with Crippen LogP contribution >= 0.6 is 11.3 Å². The maximum Gasteiger partial charge on any atom is 0.349 e. The number of thiazole rings is 1. The SMILES string of the molecule is COc1ccc(OC)c(-c2csc(NC(=O)c3cc4c(ccc5ccccc54)oc3=O)n2)c1. The van der Waals surface area contributed by atoms with Crippen molar-refractivity contribution in [1.82, 2.24) is 4.98 Å². The average molecular weight is 458 g/mol. The Morgan fingerprint density at radius 1 is 1.00 bits per heavy atom. The third-order valence-electron chi connectivity index (χ3n) is 5.29. The molecule has 7 nitrogen and oxygen atoms in total. The number of benzene rings is 3. The minimum Gasteiger partial charge on any atom is -0.497 e. The molecule has 2 heterocycles. The van der Waals surface area contributed by atoms with Gasteiger partial charge in [-0.3, -0.25) is 10.1 Å². The molecule has 2 aromatic heterocycles. The fourth-order valence-electron chi connectivity index (χ4n) is 3.66. The molecule has 0 spiro atoms. The van der Waals surface area contributed by atoms with Crippen LogP contribution in [0.15, 0.2) is 75.3 Å². The van der Waals surface area contributed by atoms with E-state index in [-0.39, 0.29) is 5.56 Å². The number of amides is 1. The number of methoxy groups -OCH3 is 2. The van der Waals surface area contributed by atoms with Crippen molar-refractivity contribution in [2.24, 2.45) is 0 Å². The molecule has 0 radical (unpaired) electrons. The number of ether oxygens (including phenoxy) is 2. The van der Waals surface area contributed by atoms with Gasteiger partial charge < -0.3 is 13.9 Å². The van der Waals surface area contributed by atoms with Crippen LogP contribution in [0.3, 0.4) is 0 Å². The summed E-state index contributed by atoms with van der Waals surface area (Å²) in [6.45, 7) is 0. The monoisotopic (exact) mass is 458 g/mol. The number of fused-ring (bicyclic) bond motifs is 3. The van der Waals surface area contributed by atoms with E-state index >= 15 is 0 Å². The van der Waals surface area contributed by atoms with Crippen LogP contribution in [0.4, 0.5) is 5.13 Å². The summed E-state index contributed by atoms with van der Waals surface area (Å²) in [7, 11) is 3.15. The van der Waals surface area contributed by atoms with Gasteiger partial charge in [-0.15, -0.1) is 11.3 Å². The quantitative estimate of drug-likeness (QED) is 0.282. The number of carbonyl (C=O) groups is 1. The second kappa shape index (κ2) is 8.40. The van der Waals surface area contributed by atoms with Gasteiger partial charge >= 0.3 is 5.63 Å². The molecule has 0 aliphatic heterocycles. The number of aromatic nitrogens is 1. The van der Waals surface area contributed by atoms with Crippen LogP contribution in [-0.2, 0) is 0 Å². The molecule has 0 saturated carbocycles. The first-order valence-electron chi connectivity index (χ1n) is 10.0. The average Bonchev–Trinajstić information content (AvgIpc) is 3.31. The van der Waals surface area contributed by atoms with Crippen molar-refractivity contribution in [3.05, 3.63) is 82.0 Å². The summed E-state index contributed by atoms with van der Waals surface area (Å²) < 4.78 is 16.1. The molecule has 3 aromatic carbocycles. The molecule has 0 atom stereocenters. The number of carbonyl (C=O) groups excluding carboxylic acids is 1. The van der Waals surface area contributed by atoms with E-state index in [1.807, 2.05) is 36.4 Å². The molecule has 1 N–H and O–H groups in total. The molecule has 0 aliphatic rings. The molecule has 8 heteroatoms. The maximum atomic E-state index is 12.9. The summed E-state index contributed by atoms with van der Waals surface area (Å²) in [6.07, 6.45) is 0. The third-order valence-corrected chi connectivity index (χ3v) is 6.05. The fraction of sp³-hybridized carbons (Fsp3) is 0.0800. The molecule has 0 saturated heterocycles. The topological polar surface area (TPSA) is 90.7 Å². The largest absolute Gasteiger partial charge is 0.497 e. The summed E-state index contributed by atoms with van der Waals surface area (Å²) in [4.78, 5) is 29.9. The number of hydrogen-bond acceptors (Lipinski definition) is 7. The van der Waals surface area contributed by atoms with Gasteiger partial charge in [0.25, 0.3) is 5.91 Å². The van der Waals surface area contributed by atoms with Gasteiger partial charge in [0, 0.05) is 16.3 Å². The van der Waals surface area contributed by atoms with Crippen molar-refractivity contribution in [2.75, 3.05) is 19.5 Å². The predicted molar refractivity (Wildman–Crippen MR) is 129 cm³/mol. The van der Waals surface area contributed by atoms with Crippen molar-refractivity contribution in [2.45, 2.75) is 0 Å². The Balaban J connectivity index is 1.49. The highest BCUT2D eigenvalue weighted by atomic mass is 32.1. The second-order valence-electron chi connectivity index (χ2n) is 7.20. The Kier molecular flexibility index (Phi) is 5.27. The lowest BCUT2D eigenvalue weighted by atomic mass is 10.0. The number of nitrogens with one attached hydrogen (secondary N) is 1. The van der Waals surface area contributed by atoms with Crippen LogP contribution in [0, 0.1) is 0 Å². The van der Waals surface area contributed by atoms with Crippen LogP contribution in [0.5, 0.6) is 11.5 Å². The summed E-state index contributed by atoms with van der Waals surface area (Å²) in [5, 5.41) is 7.42. The van der Waals surface area contributed by atoms with Gasteiger partial charge in [-0.1, -0.05) is 30.3 Å². The van der Waals surface area contributed by atoms with E-state index < -0.39 is 11.5 Å². The number of hydrogen-bond donors (Lipinski definition) is 1. The smallest absolute Gasteiger partial charge is 0.349 e. The van der Waals surface area contributed by atoms with Crippen molar-refractivity contribution in [3.8, 4) is 22.8 Å². The molecule has 0 fully saturated rings. The summed E-state index contributed by atoms with van der Waals surface area (Å²) in [5.41, 5.74) is 0.973. The van der Waals surface area contributed by atoms with E-state index in [1.165, 1.54) is 11.3 Å². The van der Waals surface area contributed by atoms with Crippen LogP contribution in [0.1, 0.15) is 10.4 Å². The second-order valence-corrected chi connectivity index (χ2v) is 8.06. The lowest BCUT2D eigenvalue weighted by molar-refractivity contribution is 0.102. The van der Waals surface area contributed by atoms with Gasteiger partial charge in [-0.25, -0.2) is 9.78 Å². The molecular formula is C25H18N2O5S. The fourth-order valence-corrected chi connectivity index (χ4v) is 4.37. The summed E-state index contributed by atoms with van der Waals surface area (Å²) >= 11 is 1.24. The van der Waals surface area contributed by atoms with Gasteiger partial charge in [0.15, 0.2) is 5.13 Å². The molecule has 33 heavy (non-hydrogen) atoms. The zero-order valence-corrected chi connectivity index (χ0v) is 18.6. The van der Waals surface area contributed by atoms with E-state index in [0.717, 1.165) is 16.3 Å². The predicted octanol–water partition coefficient (Wildman–Crippen LogP) is 5.34. The van der Waals surface area contributed by atoms with Crippen molar-refractivity contribution in [3.63, 3.8) is 0 Å². The van der Waals surface area contributed by atoms with Crippen LogP contribution in [-0.4, -0.2) is 25.1 Å². The number of anilines is 1. The zero-order chi connectivity index (χ0) is 22.9. The van der Waals surface area contributed by atoms with E-state index in [9.17, 15) is 9.59 Å². The van der Waals surface area contributed by atoms with E-state index in [4.69, 9.17) is 13.9 Å². The Bertz CT molecular complexity index is 1570. The van der Waals surface area contributed by atoms with Crippen molar-refractivity contribution >= 4 is 44.1 Å². The molecule has 0 unspecified atom stereocenters. The van der Waals surface area contributed by atoms with E-state index in [1.54, 1.807) is 43.9 Å². The number of rotatable bonds is 5. The molecule has 5 rings (SSSR count). The van der Waals surface area contributed by atoms with Gasteiger partial charge in [0.1, 0.15) is 22.6 Å². The standard InChI is InChI=1S/C25H18N2O5S/c1-30-15-8-10-21(31-2)18(11-15)20-13-33-25(26-20)27-23(28)19-12-17-16-6-4-3-5-14(16)7-9-22(17)32-24(19)29/h3-13H,1-2H3,(H,26,27,28). The Morgan fingerprint density at radius 3 is 2.67 bits per heavy atom. The van der Waals surface area contributed by atoms with Crippen molar-refractivity contribution < 1.29 is 18.7 Å². The van der Waals surface area contributed by atoms with Gasteiger partial charge in [-0.2, -0.15) is 0 Å². The van der Waals surface area contributed by atoms with E-state index in [0.29, 0.717) is 33.3 Å².